The third kappa shape index (κ3) is 4.05. The number of rotatable bonds is 4. The molecule has 2 rings (SSSR count). The fraction of sp³-hybridized carbons (Fsp3) is 0.533. The van der Waals surface area contributed by atoms with Gasteiger partial charge in [0.1, 0.15) is 0 Å². The molecule has 1 saturated carbocycles. The van der Waals surface area contributed by atoms with Crippen molar-refractivity contribution >= 4 is 21.8 Å². The normalized spacial score (nSPS) is 17.4. The Hall–Kier alpha value is -0.870. The number of nitrogens with one attached hydrogen (secondary N) is 1. The van der Waals surface area contributed by atoms with Crippen molar-refractivity contribution in [1.82, 2.24) is 5.32 Å². The Labute approximate surface area is 122 Å². The molecule has 0 spiro atoms. The van der Waals surface area contributed by atoms with Crippen molar-refractivity contribution in [2.24, 2.45) is 0 Å². The van der Waals surface area contributed by atoms with E-state index >= 15 is 0 Å². The topological polar surface area (TPSA) is 49.3 Å². The second kappa shape index (κ2) is 6.06. The molecule has 1 aliphatic carbocycles. The average Bonchev–Trinajstić information content (AvgIpc) is 2.78. The number of aryl methyl sites for hydroxylation is 1. The number of benzene rings is 1. The number of hydrogen-bond acceptors (Lipinski definition) is 2. The minimum absolute atomic E-state index is 0.0225. The molecule has 0 radical (unpaired) electrons. The van der Waals surface area contributed by atoms with Crippen LogP contribution in [0.1, 0.15) is 36.8 Å². The summed E-state index contributed by atoms with van der Waals surface area (Å²) in [5, 5.41) is 13.0. The number of hydrogen-bond donors (Lipinski definition) is 2. The quantitative estimate of drug-likeness (QED) is 0.894. The van der Waals surface area contributed by atoms with Gasteiger partial charge in [-0.2, -0.15) is 0 Å². The van der Waals surface area contributed by atoms with E-state index in [1.807, 2.05) is 25.1 Å². The zero-order valence-corrected chi connectivity index (χ0v) is 12.8. The van der Waals surface area contributed by atoms with Gasteiger partial charge in [0.25, 0.3) is 0 Å². The van der Waals surface area contributed by atoms with Gasteiger partial charge in [-0.25, -0.2) is 0 Å². The maximum Gasteiger partial charge on any atom is 0.224 e. The molecule has 3 nitrogen and oxygen atoms in total. The Morgan fingerprint density at radius 2 is 2.11 bits per heavy atom. The third-order valence-electron chi connectivity index (χ3n) is 3.80. The van der Waals surface area contributed by atoms with Crippen molar-refractivity contribution in [2.75, 3.05) is 6.54 Å². The predicted molar refractivity (Wildman–Crippen MR) is 79.0 cm³/mol. The van der Waals surface area contributed by atoms with Gasteiger partial charge >= 0.3 is 0 Å². The first-order valence-electron chi connectivity index (χ1n) is 6.73. The van der Waals surface area contributed by atoms with Crippen LogP contribution in [-0.4, -0.2) is 23.2 Å². The van der Waals surface area contributed by atoms with Crippen molar-refractivity contribution in [1.29, 1.82) is 0 Å². The molecule has 0 bridgehead atoms. The van der Waals surface area contributed by atoms with Gasteiger partial charge in [-0.1, -0.05) is 34.8 Å². The standard InChI is InChI=1S/C15H20BrNO2/c1-11-8-13(16)5-4-12(11)9-14(18)17-10-15(19)6-2-3-7-15/h4-5,8,19H,2-3,6-7,9-10H2,1H3,(H,17,18). The van der Waals surface area contributed by atoms with Gasteiger partial charge in [-0.3, -0.25) is 4.79 Å². The van der Waals surface area contributed by atoms with Gasteiger partial charge in [0, 0.05) is 11.0 Å². The summed E-state index contributed by atoms with van der Waals surface area (Å²) in [4.78, 5) is 11.9. The van der Waals surface area contributed by atoms with Gasteiger partial charge in [-0.05, 0) is 43.0 Å². The molecule has 0 heterocycles. The van der Waals surface area contributed by atoms with Gasteiger partial charge < -0.3 is 10.4 Å². The Balaban J connectivity index is 1.87. The van der Waals surface area contributed by atoms with Gasteiger partial charge in [-0.15, -0.1) is 0 Å². The lowest BCUT2D eigenvalue weighted by molar-refractivity contribution is -0.121. The summed E-state index contributed by atoms with van der Waals surface area (Å²) in [5.41, 5.74) is 1.45. The molecule has 1 aromatic rings. The maximum absolute atomic E-state index is 11.9. The molecule has 1 aromatic carbocycles. The van der Waals surface area contributed by atoms with E-state index in [9.17, 15) is 9.90 Å². The summed E-state index contributed by atoms with van der Waals surface area (Å²) in [6, 6.07) is 5.91. The van der Waals surface area contributed by atoms with Crippen molar-refractivity contribution in [3.05, 3.63) is 33.8 Å². The summed E-state index contributed by atoms with van der Waals surface area (Å²) in [6.45, 7) is 2.37. The molecular formula is C15H20BrNO2. The monoisotopic (exact) mass is 325 g/mol. The highest BCUT2D eigenvalue weighted by Crippen LogP contribution is 2.28. The van der Waals surface area contributed by atoms with Crippen LogP contribution in [0.25, 0.3) is 0 Å². The van der Waals surface area contributed by atoms with E-state index in [1.165, 1.54) is 0 Å². The first kappa shape index (κ1) is 14.5. The Morgan fingerprint density at radius 3 is 2.74 bits per heavy atom. The highest BCUT2D eigenvalue weighted by atomic mass is 79.9. The van der Waals surface area contributed by atoms with Crippen LogP contribution >= 0.6 is 15.9 Å². The molecule has 104 valence electrons. The van der Waals surface area contributed by atoms with Crippen LogP contribution in [0.5, 0.6) is 0 Å². The zero-order valence-electron chi connectivity index (χ0n) is 11.2. The molecule has 1 fully saturated rings. The summed E-state index contributed by atoms with van der Waals surface area (Å²) >= 11 is 3.41. The van der Waals surface area contributed by atoms with E-state index in [2.05, 4.69) is 21.2 Å². The molecule has 0 saturated heterocycles. The van der Waals surface area contributed by atoms with E-state index in [0.717, 1.165) is 41.3 Å². The van der Waals surface area contributed by atoms with E-state index in [-0.39, 0.29) is 5.91 Å². The summed E-state index contributed by atoms with van der Waals surface area (Å²) in [5.74, 6) is -0.0225. The largest absolute Gasteiger partial charge is 0.388 e. The van der Waals surface area contributed by atoms with Crippen molar-refractivity contribution in [2.45, 2.75) is 44.6 Å². The smallest absolute Gasteiger partial charge is 0.224 e. The van der Waals surface area contributed by atoms with Gasteiger partial charge in [0.2, 0.25) is 5.91 Å². The molecule has 1 amide bonds. The molecule has 0 aliphatic heterocycles. The van der Waals surface area contributed by atoms with Crippen LogP contribution in [0.15, 0.2) is 22.7 Å². The molecule has 0 aromatic heterocycles. The highest BCUT2D eigenvalue weighted by molar-refractivity contribution is 9.10. The Morgan fingerprint density at radius 1 is 1.42 bits per heavy atom. The summed E-state index contributed by atoms with van der Waals surface area (Å²) in [7, 11) is 0. The Kier molecular flexibility index (Phi) is 4.63. The van der Waals surface area contributed by atoms with Gasteiger partial charge in [0.05, 0.1) is 12.0 Å². The van der Waals surface area contributed by atoms with Crippen molar-refractivity contribution in [3.63, 3.8) is 0 Å². The van der Waals surface area contributed by atoms with E-state index in [0.29, 0.717) is 13.0 Å². The van der Waals surface area contributed by atoms with E-state index < -0.39 is 5.60 Å². The lowest BCUT2D eigenvalue weighted by atomic mass is 10.0. The summed E-state index contributed by atoms with van der Waals surface area (Å²) in [6.07, 6.45) is 4.07. The SMILES string of the molecule is Cc1cc(Br)ccc1CC(=O)NCC1(O)CCCC1. The van der Waals surface area contributed by atoms with Crippen molar-refractivity contribution < 1.29 is 9.90 Å². The van der Waals surface area contributed by atoms with Crippen LogP contribution in [0.4, 0.5) is 0 Å². The fourth-order valence-corrected chi connectivity index (χ4v) is 3.04. The second-order valence-electron chi connectivity index (χ2n) is 5.46. The van der Waals surface area contributed by atoms with Crippen LogP contribution in [0, 0.1) is 6.92 Å². The number of amides is 1. The zero-order chi connectivity index (χ0) is 13.9. The minimum Gasteiger partial charge on any atom is -0.388 e. The number of carbonyl (C=O) groups is 1. The Bertz CT molecular complexity index is 467. The highest BCUT2D eigenvalue weighted by Gasteiger charge is 2.31. The number of halogens is 1. The van der Waals surface area contributed by atoms with Crippen LogP contribution < -0.4 is 5.32 Å². The molecule has 19 heavy (non-hydrogen) atoms. The van der Waals surface area contributed by atoms with Crippen molar-refractivity contribution in [3.8, 4) is 0 Å². The number of carbonyl (C=O) groups excluding carboxylic acids is 1. The first-order valence-corrected chi connectivity index (χ1v) is 7.52. The maximum atomic E-state index is 11.9. The fourth-order valence-electron chi connectivity index (χ4n) is 2.57. The number of aliphatic hydroxyl groups is 1. The van der Waals surface area contributed by atoms with E-state index in [4.69, 9.17) is 0 Å². The molecule has 1 aliphatic rings. The van der Waals surface area contributed by atoms with Crippen LogP contribution in [0.2, 0.25) is 0 Å². The summed E-state index contributed by atoms with van der Waals surface area (Å²) < 4.78 is 1.02. The molecule has 2 N–H and O–H groups in total. The lowest BCUT2D eigenvalue weighted by Gasteiger charge is -2.22. The average molecular weight is 326 g/mol. The second-order valence-corrected chi connectivity index (χ2v) is 6.37. The molecular weight excluding hydrogens is 306 g/mol. The first-order chi connectivity index (χ1) is 8.98. The lowest BCUT2D eigenvalue weighted by Crippen LogP contribution is -2.41. The molecule has 0 unspecified atom stereocenters. The van der Waals surface area contributed by atoms with Crippen LogP contribution in [0.3, 0.4) is 0 Å². The van der Waals surface area contributed by atoms with Gasteiger partial charge in [0.15, 0.2) is 0 Å². The minimum atomic E-state index is -0.676. The predicted octanol–water partition coefficient (Wildman–Crippen LogP) is 2.72. The molecule has 4 heteroatoms. The molecule has 0 atom stereocenters. The van der Waals surface area contributed by atoms with Crippen LogP contribution in [-0.2, 0) is 11.2 Å². The van der Waals surface area contributed by atoms with E-state index in [1.54, 1.807) is 0 Å². The third-order valence-corrected chi connectivity index (χ3v) is 4.30.